The van der Waals surface area contributed by atoms with Crippen molar-refractivity contribution in [1.29, 1.82) is 0 Å². The Labute approximate surface area is 412 Å². The number of hydrogen-bond donors (Lipinski definition) is 2. The second-order valence-electron chi connectivity index (χ2n) is 21.1. The molecule has 0 unspecified atom stereocenters. The highest BCUT2D eigenvalue weighted by molar-refractivity contribution is 5.96. The summed E-state index contributed by atoms with van der Waals surface area (Å²) in [6.07, 6.45) is 7.10. The average molecular weight is 957 g/mol. The van der Waals surface area contributed by atoms with E-state index in [0.717, 1.165) is 69.4 Å². The summed E-state index contributed by atoms with van der Waals surface area (Å²) in [5.74, 6) is -1.62. The zero-order valence-electron chi connectivity index (χ0n) is 42.4. The lowest BCUT2D eigenvalue weighted by Crippen LogP contribution is -2.62. The van der Waals surface area contributed by atoms with Gasteiger partial charge in [0.2, 0.25) is 11.8 Å². The number of pyridine rings is 1. The molecule has 374 valence electrons. The van der Waals surface area contributed by atoms with Crippen molar-refractivity contribution in [3.05, 3.63) is 90.3 Å². The van der Waals surface area contributed by atoms with Gasteiger partial charge in [0, 0.05) is 87.9 Å². The first kappa shape index (κ1) is 50.3. The van der Waals surface area contributed by atoms with Crippen molar-refractivity contribution in [1.82, 2.24) is 40.0 Å². The van der Waals surface area contributed by atoms with Crippen molar-refractivity contribution in [2.24, 2.45) is 16.7 Å². The van der Waals surface area contributed by atoms with Crippen LogP contribution in [0.15, 0.2) is 73.4 Å². The number of nitrogens with zero attached hydrogens (tertiary/aromatic N) is 6. The summed E-state index contributed by atoms with van der Waals surface area (Å²) in [5, 5.41) is 5.65. The van der Waals surface area contributed by atoms with Crippen molar-refractivity contribution in [2.45, 2.75) is 117 Å². The van der Waals surface area contributed by atoms with Gasteiger partial charge in [-0.15, -0.1) is 0 Å². The van der Waals surface area contributed by atoms with Gasteiger partial charge in [0.05, 0.1) is 24.1 Å². The average Bonchev–Trinajstić information content (AvgIpc) is 3.91. The largest absolute Gasteiger partial charge is 0.464 e. The SMILES string of the molecule is C=CC(=O)N1CCC2(CCN(C(=O)N(C)[C@H](C(=O)N[C@H]3Cc4cccc(c4)-c4ccc5c(c4)c(c(-c4cccnc4[C@H](C)OC)n5CC)CC(C)(C)COC(=O)[C@@H]4CCCN(N4)C3=O)C(C)C)CC2)C1. The van der Waals surface area contributed by atoms with E-state index in [4.69, 9.17) is 14.5 Å². The second-order valence-corrected chi connectivity index (χ2v) is 21.1. The first-order valence-electron chi connectivity index (χ1n) is 25.2. The van der Waals surface area contributed by atoms with Crippen molar-refractivity contribution in [2.75, 3.05) is 53.5 Å². The number of amides is 5. The van der Waals surface area contributed by atoms with Gasteiger partial charge in [0.15, 0.2) is 0 Å². The van der Waals surface area contributed by atoms with E-state index < -0.39 is 35.4 Å². The zero-order chi connectivity index (χ0) is 50.1. The number of carbonyl (C=O) groups excluding carboxylic acids is 5. The number of rotatable bonds is 9. The van der Waals surface area contributed by atoms with E-state index in [1.165, 1.54) is 16.0 Å². The monoisotopic (exact) mass is 957 g/mol. The Kier molecular flexibility index (Phi) is 14.9. The minimum atomic E-state index is -1.04. The molecule has 2 aromatic heterocycles. The maximum absolute atomic E-state index is 14.8. The number of hydrazine groups is 1. The molecule has 0 radical (unpaired) electrons. The first-order valence-corrected chi connectivity index (χ1v) is 25.2. The zero-order valence-corrected chi connectivity index (χ0v) is 42.4. The predicted octanol–water partition coefficient (Wildman–Crippen LogP) is 7.32. The van der Waals surface area contributed by atoms with Crippen molar-refractivity contribution < 1.29 is 33.4 Å². The highest BCUT2D eigenvalue weighted by atomic mass is 16.5. The molecule has 4 aliphatic heterocycles. The van der Waals surface area contributed by atoms with Crippen LogP contribution < -0.4 is 10.7 Å². The maximum Gasteiger partial charge on any atom is 0.324 e. The maximum atomic E-state index is 14.8. The number of fused-ring (bicyclic) bond motifs is 6. The van der Waals surface area contributed by atoms with E-state index in [2.05, 4.69) is 79.1 Å². The molecule has 4 aromatic rings. The summed E-state index contributed by atoms with van der Waals surface area (Å²) < 4.78 is 14.3. The molecule has 2 aromatic carbocycles. The van der Waals surface area contributed by atoms with E-state index in [1.54, 1.807) is 25.3 Å². The van der Waals surface area contributed by atoms with Crippen LogP contribution in [0.4, 0.5) is 4.79 Å². The molecule has 4 aliphatic rings. The lowest BCUT2D eigenvalue weighted by molar-refractivity contribution is -0.155. The smallest absolute Gasteiger partial charge is 0.324 e. The summed E-state index contributed by atoms with van der Waals surface area (Å²) in [5.41, 5.74) is 10.5. The molecule has 6 bridgehead atoms. The second kappa shape index (κ2) is 20.7. The van der Waals surface area contributed by atoms with Crippen LogP contribution in [0.25, 0.3) is 33.3 Å². The number of nitrogens with one attached hydrogen (secondary N) is 2. The van der Waals surface area contributed by atoms with E-state index in [-0.39, 0.29) is 48.3 Å². The Hall–Kier alpha value is -6.06. The molecule has 70 heavy (non-hydrogen) atoms. The number of aryl methyl sites for hydroxylation is 1. The first-order chi connectivity index (χ1) is 33.5. The topological polar surface area (TPSA) is 159 Å². The summed E-state index contributed by atoms with van der Waals surface area (Å²) >= 11 is 0. The normalized spacial score (nSPS) is 21.3. The molecule has 0 aliphatic carbocycles. The molecule has 3 saturated heterocycles. The summed E-state index contributed by atoms with van der Waals surface area (Å²) in [7, 11) is 3.35. The molecule has 6 heterocycles. The van der Waals surface area contributed by atoms with Gasteiger partial charge in [0.1, 0.15) is 18.1 Å². The van der Waals surface area contributed by atoms with Crippen LogP contribution in [0.1, 0.15) is 96.6 Å². The van der Waals surface area contributed by atoms with Crippen LogP contribution in [0.2, 0.25) is 0 Å². The molecule has 8 rings (SSSR count). The predicted molar refractivity (Wildman–Crippen MR) is 270 cm³/mol. The van der Waals surface area contributed by atoms with Gasteiger partial charge < -0.3 is 34.1 Å². The number of benzene rings is 2. The van der Waals surface area contributed by atoms with Crippen LogP contribution in [0.5, 0.6) is 0 Å². The number of methoxy groups -OCH3 is 1. The number of cyclic esters (lactones) is 1. The fourth-order valence-electron chi connectivity index (χ4n) is 11.3. The Bertz CT molecular complexity index is 2630. The molecular weight excluding hydrogens is 885 g/mol. The van der Waals surface area contributed by atoms with Crippen molar-refractivity contribution in [3.8, 4) is 22.4 Å². The van der Waals surface area contributed by atoms with Crippen molar-refractivity contribution >= 4 is 40.6 Å². The molecule has 15 nitrogen and oxygen atoms in total. The number of likely N-dealkylation sites (tertiary alicyclic amines) is 2. The third kappa shape index (κ3) is 10.2. The molecule has 2 N–H and O–H groups in total. The number of urea groups is 1. The van der Waals surface area contributed by atoms with Gasteiger partial charge in [-0.05, 0) is 116 Å². The van der Waals surface area contributed by atoms with Crippen LogP contribution in [0, 0.1) is 16.7 Å². The molecule has 4 atom stereocenters. The minimum Gasteiger partial charge on any atom is -0.464 e. The molecule has 15 heteroatoms. The fraction of sp³-hybridized carbons (Fsp3) is 0.527. The lowest BCUT2D eigenvalue weighted by atomic mass is 9.78. The van der Waals surface area contributed by atoms with Gasteiger partial charge in [-0.25, -0.2) is 10.2 Å². The third-order valence-corrected chi connectivity index (χ3v) is 15.3. The Morgan fingerprint density at radius 2 is 1.73 bits per heavy atom. The summed E-state index contributed by atoms with van der Waals surface area (Å²) in [6, 6.07) is 15.8. The molecule has 3 fully saturated rings. The summed E-state index contributed by atoms with van der Waals surface area (Å²) in [6.45, 7) is 19.4. The number of carbonyl (C=O) groups is 5. The number of aromatic nitrogens is 2. The Balaban J connectivity index is 1.12. The van der Waals surface area contributed by atoms with Crippen LogP contribution in [-0.2, 0) is 48.0 Å². The van der Waals surface area contributed by atoms with Gasteiger partial charge in [0.25, 0.3) is 5.91 Å². The quantitative estimate of drug-likeness (QED) is 0.130. The number of hydrogen-bond acceptors (Lipinski definition) is 9. The molecular formula is C55H72N8O7. The van der Waals surface area contributed by atoms with Gasteiger partial charge in [-0.1, -0.05) is 64.6 Å². The molecule has 0 saturated carbocycles. The summed E-state index contributed by atoms with van der Waals surface area (Å²) in [4.78, 5) is 80.0. The molecule has 5 amide bonds. The minimum absolute atomic E-state index is 0.0355. The number of ether oxygens (including phenoxy) is 2. The van der Waals surface area contributed by atoms with E-state index in [9.17, 15) is 24.0 Å². The van der Waals surface area contributed by atoms with Gasteiger partial charge in [-0.3, -0.25) is 29.2 Å². The van der Waals surface area contributed by atoms with Gasteiger partial charge in [-0.2, -0.15) is 0 Å². The van der Waals surface area contributed by atoms with Gasteiger partial charge >= 0.3 is 12.0 Å². The highest BCUT2D eigenvalue weighted by Crippen LogP contribution is 2.43. The van der Waals surface area contributed by atoms with E-state index >= 15 is 0 Å². The van der Waals surface area contributed by atoms with E-state index in [1.807, 2.05) is 43.9 Å². The third-order valence-electron chi connectivity index (χ3n) is 15.3. The van der Waals surface area contributed by atoms with Crippen LogP contribution in [-0.4, -0.2) is 131 Å². The number of likely N-dealkylation sites (N-methyl/N-ethyl adjacent to an activating group) is 1. The van der Waals surface area contributed by atoms with E-state index in [0.29, 0.717) is 58.5 Å². The Morgan fingerprint density at radius 3 is 2.43 bits per heavy atom. The van der Waals surface area contributed by atoms with Crippen LogP contribution >= 0.6 is 0 Å². The van der Waals surface area contributed by atoms with Crippen LogP contribution in [0.3, 0.4) is 0 Å². The lowest BCUT2D eigenvalue weighted by Gasteiger charge is -2.42. The Morgan fingerprint density at radius 1 is 1.00 bits per heavy atom. The highest BCUT2D eigenvalue weighted by Gasteiger charge is 2.44. The fourth-order valence-corrected chi connectivity index (χ4v) is 11.3. The standard InChI is InChI=1S/C55H72N8O7/c1-10-46(64)61-28-23-55(33-61)21-26-60(27-22-55)53(68)59(8)48(35(3)4)50(65)57-44-30-37-15-12-16-38(29-37)39-19-20-45-41(31-39)42(49(62(45)11-2)40-17-13-24-56-47(40)36(5)69-9)32-54(6,7)34-70-52(67)43-18-14-25-63(58-43)51(44)66/h10,12-13,15-17,19-20,24,29,31,35-36,43-44,48,58H,1,11,14,18,21-23,25-28,30,32-34H2,2-9H3,(H,57,65)/t36-,43-,44-,48-/m0/s1. The number of piperidine rings is 1. The molecule has 1 spiro atoms. The number of esters is 1. The van der Waals surface area contributed by atoms with Crippen molar-refractivity contribution in [3.63, 3.8) is 0 Å².